The van der Waals surface area contributed by atoms with Crippen LogP contribution in [0.3, 0.4) is 0 Å². The van der Waals surface area contributed by atoms with Crippen LogP contribution in [0.4, 0.5) is 0 Å². The molecule has 1 heterocycles. The van der Waals surface area contributed by atoms with Crippen molar-refractivity contribution in [1.29, 1.82) is 5.26 Å². The van der Waals surface area contributed by atoms with Crippen molar-refractivity contribution < 1.29 is 8.42 Å². The molecule has 62 valence electrons. The number of nitrogens with zero attached hydrogens (tertiary/aromatic N) is 2. The molecule has 5 nitrogen and oxygen atoms in total. The molecule has 0 aromatic heterocycles. The first kappa shape index (κ1) is 8.46. The smallest absolute Gasteiger partial charge is 0.216 e. The Balaban J connectivity index is 2.83. The zero-order valence-corrected chi connectivity index (χ0v) is 6.71. The van der Waals surface area contributed by atoms with Gasteiger partial charge in [-0.25, -0.2) is 5.14 Å². The van der Waals surface area contributed by atoms with E-state index in [4.69, 9.17) is 10.4 Å². The van der Waals surface area contributed by atoms with Gasteiger partial charge < -0.3 is 0 Å². The minimum absolute atomic E-state index is 0.372. The van der Waals surface area contributed by atoms with Gasteiger partial charge in [0.1, 0.15) is 6.04 Å². The van der Waals surface area contributed by atoms with Gasteiger partial charge in [-0.3, -0.25) is 0 Å². The van der Waals surface area contributed by atoms with Crippen LogP contribution in [0.15, 0.2) is 0 Å². The lowest BCUT2D eigenvalue weighted by Gasteiger charge is -2.14. The minimum atomic E-state index is -3.65. The molecule has 0 radical (unpaired) electrons. The highest BCUT2D eigenvalue weighted by atomic mass is 32.2. The quantitative estimate of drug-likeness (QED) is 0.564. The molecule has 0 spiro atoms. The standard InChI is InChI=1S/C5H9N3O2S/c6-4-5-2-1-3-8(5)11(7,9)10/h5H,1-3H2,(H2,7,9,10). The molecule has 0 bridgehead atoms. The number of hydrogen-bond donors (Lipinski definition) is 1. The average molecular weight is 175 g/mol. The first-order chi connectivity index (χ1) is 5.05. The molecule has 0 saturated carbocycles. The van der Waals surface area contributed by atoms with Crippen LogP contribution in [-0.4, -0.2) is 25.3 Å². The lowest BCUT2D eigenvalue weighted by molar-refractivity contribution is 0.438. The molecule has 1 aliphatic heterocycles. The summed E-state index contributed by atoms with van der Waals surface area (Å²) in [6.45, 7) is 0.372. The number of rotatable bonds is 1. The van der Waals surface area contributed by atoms with E-state index in [9.17, 15) is 8.42 Å². The highest BCUT2D eigenvalue weighted by Gasteiger charge is 2.31. The van der Waals surface area contributed by atoms with Gasteiger partial charge in [-0.05, 0) is 12.8 Å². The Morgan fingerprint density at radius 2 is 2.27 bits per heavy atom. The lowest BCUT2D eigenvalue weighted by Crippen LogP contribution is -2.39. The molecule has 0 aromatic carbocycles. The normalized spacial score (nSPS) is 26.7. The van der Waals surface area contributed by atoms with Gasteiger partial charge in [-0.2, -0.15) is 18.0 Å². The summed E-state index contributed by atoms with van der Waals surface area (Å²) in [5.41, 5.74) is 0. The zero-order valence-electron chi connectivity index (χ0n) is 5.90. The first-order valence-corrected chi connectivity index (χ1v) is 4.75. The average Bonchev–Trinajstić information content (AvgIpc) is 2.31. The van der Waals surface area contributed by atoms with Crippen LogP contribution >= 0.6 is 0 Å². The molecule has 1 unspecified atom stereocenters. The predicted octanol–water partition coefficient (Wildman–Crippen LogP) is -0.822. The van der Waals surface area contributed by atoms with E-state index in [1.54, 1.807) is 0 Å². The lowest BCUT2D eigenvalue weighted by atomic mass is 10.2. The van der Waals surface area contributed by atoms with Crippen molar-refractivity contribution in [2.75, 3.05) is 6.54 Å². The highest BCUT2D eigenvalue weighted by Crippen LogP contribution is 2.17. The van der Waals surface area contributed by atoms with E-state index in [2.05, 4.69) is 0 Å². The maximum absolute atomic E-state index is 10.8. The summed E-state index contributed by atoms with van der Waals surface area (Å²) in [7, 11) is -3.65. The van der Waals surface area contributed by atoms with Crippen LogP contribution in [0.25, 0.3) is 0 Å². The summed E-state index contributed by atoms with van der Waals surface area (Å²) in [6.07, 6.45) is 1.31. The van der Waals surface area contributed by atoms with Crippen molar-refractivity contribution in [3.05, 3.63) is 0 Å². The monoisotopic (exact) mass is 175 g/mol. The van der Waals surface area contributed by atoms with Crippen LogP contribution in [0, 0.1) is 11.3 Å². The van der Waals surface area contributed by atoms with E-state index in [-0.39, 0.29) is 0 Å². The fourth-order valence-electron chi connectivity index (χ4n) is 1.17. The SMILES string of the molecule is N#CC1CCCN1S(N)(=O)=O. The van der Waals surface area contributed by atoms with Crippen molar-refractivity contribution in [2.24, 2.45) is 5.14 Å². The molecule has 1 fully saturated rings. The van der Waals surface area contributed by atoms with Crippen LogP contribution in [0.2, 0.25) is 0 Å². The Labute approximate surface area is 65.6 Å². The molecule has 2 N–H and O–H groups in total. The van der Waals surface area contributed by atoms with Crippen molar-refractivity contribution in [2.45, 2.75) is 18.9 Å². The van der Waals surface area contributed by atoms with Gasteiger partial charge in [0.25, 0.3) is 10.2 Å². The van der Waals surface area contributed by atoms with E-state index in [1.165, 1.54) is 0 Å². The number of nitriles is 1. The van der Waals surface area contributed by atoms with E-state index in [0.29, 0.717) is 19.4 Å². The van der Waals surface area contributed by atoms with Crippen molar-refractivity contribution >= 4 is 10.2 Å². The van der Waals surface area contributed by atoms with Crippen molar-refractivity contribution in [3.8, 4) is 6.07 Å². The predicted molar refractivity (Wildman–Crippen MR) is 38.4 cm³/mol. The molecule has 1 atom stereocenters. The van der Waals surface area contributed by atoms with E-state index < -0.39 is 16.3 Å². The topological polar surface area (TPSA) is 87.2 Å². The maximum Gasteiger partial charge on any atom is 0.278 e. The van der Waals surface area contributed by atoms with Gasteiger partial charge in [-0.1, -0.05) is 0 Å². The van der Waals surface area contributed by atoms with Gasteiger partial charge in [0.15, 0.2) is 0 Å². The number of hydrogen-bond acceptors (Lipinski definition) is 3. The van der Waals surface area contributed by atoms with Gasteiger partial charge in [0.05, 0.1) is 6.07 Å². The second kappa shape index (κ2) is 2.77. The minimum Gasteiger partial charge on any atom is -0.216 e. The zero-order chi connectivity index (χ0) is 8.48. The van der Waals surface area contributed by atoms with Gasteiger partial charge in [0.2, 0.25) is 0 Å². The largest absolute Gasteiger partial charge is 0.278 e. The second-order valence-corrected chi connectivity index (χ2v) is 3.94. The van der Waals surface area contributed by atoms with Gasteiger partial charge >= 0.3 is 0 Å². The van der Waals surface area contributed by atoms with Gasteiger partial charge in [-0.15, -0.1) is 0 Å². The summed E-state index contributed by atoms with van der Waals surface area (Å²) < 4.78 is 22.5. The summed E-state index contributed by atoms with van der Waals surface area (Å²) in [4.78, 5) is 0. The van der Waals surface area contributed by atoms with Crippen LogP contribution < -0.4 is 5.14 Å². The Morgan fingerprint density at radius 1 is 1.64 bits per heavy atom. The number of nitrogens with two attached hydrogens (primary N) is 1. The van der Waals surface area contributed by atoms with Crippen LogP contribution in [0.1, 0.15) is 12.8 Å². The summed E-state index contributed by atoms with van der Waals surface area (Å²) in [5, 5.41) is 13.3. The molecule has 11 heavy (non-hydrogen) atoms. The molecule has 6 heteroatoms. The summed E-state index contributed by atoms with van der Waals surface area (Å²) >= 11 is 0. The second-order valence-electron chi connectivity index (χ2n) is 2.44. The molecule has 1 aliphatic rings. The molecule has 1 saturated heterocycles. The van der Waals surface area contributed by atoms with Gasteiger partial charge in [0, 0.05) is 6.54 Å². The summed E-state index contributed by atoms with van der Waals surface area (Å²) in [6, 6.07) is 1.34. The Morgan fingerprint density at radius 3 is 2.64 bits per heavy atom. The molecular formula is C5H9N3O2S. The highest BCUT2D eigenvalue weighted by molar-refractivity contribution is 7.86. The third-order valence-corrected chi connectivity index (χ3v) is 2.77. The fraction of sp³-hybridized carbons (Fsp3) is 0.800. The van der Waals surface area contributed by atoms with Crippen LogP contribution in [0.5, 0.6) is 0 Å². The molecule has 0 aliphatic carbocycles. The Kier molecular flexibility index (Phi) is 2.13. The maximum atomic E-state index is 10.8. The molecule has 0 aromatic rings. The van der Waals surface area contributed by atoms with E-state index in [0.717, 1.165) is 4.31 Å². The van der Waals surface area contributed by atoms with Crippen LogP contribution in [-0.2, 0) is 10.2 Å². The van der Waals surface area contributed by atoms with E-state index in [1.807, 2.05) is 6.07 Å². The summed E-state index contributed by atoms with van der Waals surface area (Å²) in [5.74, 6) is 0. The third-order valence-electron chi connectivity index (χ3n) is 1.68. The molecule has 1 rings (SSSR count). The molecule has 0 amide bonds. The van der Waals surface area contributed by atoms with E-state index >= 15 is 0 Å². The Bertz CT molecular complexity index is 279. The third kappa shape index (κ3) is 1.68. The van der Waals surface area contributed by atoms with Crippen molar-refractivity contribution in [1.82, 2.24) is 4.31 Å². The fourth-order valence-corrected chi connectivity index (χ4v) is 2.06. The molecular weight excluding hydrogens is 166 g/mol. The van der Waals surface area contributed by atoms with Crippen molar-refractivity contribution in [3.63, 3.8) is 0 Å². The first-order valence-electron chi connectivity index (χ1n) is 3.25. The Hall–Kier alpha value is -0.640.